The monoisotopic (exact) mass is 537 g/mol. The number of nitro benzene ring substituents is 1. The number of carboxylic acids is 1. The normalized spacial score (nSPS) is 10.9. The lowest BCUT2D eigenvalue weighted by Crippen LogP contribution is -2.19. The molecule has 0 aliphatic carbocycles. The molecule has 0 spiro atoms. The van der Waals surface area contributed by atoms with Crippen LogP contribution in [-0.4, -0.2) is 34.9 Å². The van der Waals surface area contributed by atoms with Crippen LogP contribution in [0.15, 0.2) is 54.6 Å². The zero-order chi connectivity index (χ0) is 27.5. The number of anilines is 2. The molecular weight excluding hydrogens is 523 g/mol. The minimum atomic E-state index is -4.79. The molecule has 14 heteroatoms. The summed E-state index contributed by atoms with van der Waals surface area (Å²) in [4.78, 5) is 47.5. The summed E-state index contributed by atoms with van der Waals surface area (Å²) < 4.78 is 44.3. The van der Waals surface area contributed by atoms with Gasteiger partial charge in [0.1, 0.15) is 5.75 Å². The van der Waals surface area contributed by atoms with Crippen LogP contribution in [0.3, 0.4) is 0 Å². The van der Waals surface area contributed by atoms with E-state index in [0.29, 0.717) is 6.07 Å². The highest BCUT2D eigenvalue weighted by Gasteiger charge is 2.33. The fourth-order valence-corrected chi connectivity index (χ4v) is 3.41. The molecule has 0 heterocycles. The van der Waals surface area contributed by atoms with Crippen LogP contribution < -0.4 is 15.4 Å². The molecule has 3 rings (SSSR count). The fourth-order valence-electron chi connectivity index (χ4n) is 3.18. The molecule has 0 radical (unpaired) electrons. The van der Waals surface area contributed by atoms with E-state index in [1.807, 2.05) is 0 Å². The number of nitro groups is 1. The van der Waals surface area contributed by atoms with Gasteiger partial charge in [-0.2, -0.15) is 13.2 Å². The summed E-state index contributed by atoms with van der Waals surface area (Å²) in [6.45, 7) is 0. The van der Waals surface area contributed by atoms with Crippen LogP contribution in [0.5, 0.6) is 5.75 Å². The number of carboxylic acid groups (broad SMARTS) is 1. The van der Waals surface area contributed by atoms with Crippen LogP contribution in [0, 0.1) is 10.1 Å². The van der Waals surface area contributed by atoms with Crippen molar-refractivity contribution in [1.29, 1.82) is 0 Å². The van der Waals surface area contributed by atoms with Crippen LogP contribution in [0.1, 0.15) is 36.6 Å². The minimum absolute atomic E-state index is 0.0661. The lowest BCUT2D eigenvalue weighted by Gasteiger charge is -2.13. The van der Waals surface area contributed by atoms with Gasteiger partial charge in [0, 0.05) is 23.4 Å². The van der Waals surface area contributed by atoms with Crippen molar-refractivity contribution in [2.45, 2.75) is 6.18 Å². The number of alkyl halides is 3. The van der Waals surface area contributed by atoms with Gasteiger partial charge in [-0.15, -0.1) is 0 Å². The average Bonchev–Trinajstić information content (AvgIpc) is 2.83. The van der Waals surface area contributed by atoms with Crippen molar-refractivity contribution >= 4 is 46.4 Å². The van der Waals surface area contributed by atoms with Crippen LogP contribution in [-0.2, 0) is 6.18 Å². The van der Waals surface area contributed by atoms with E-state index in [9.17, 15) is 42.8 Å². The van der Waals surface area contributed by atoms with Crippen molar-refractivity contribution in [2.75, 3.05) is 17.7 Å². The first-order chi connectivity index (χ1) is 17.3. The molecule has 0 atom stereocenters. The van der Waals surface area contributed by atoms with E-state index in [0.717, 1.165) is 42.5 Å². The smallest absolute Gasteiger partial charge is 0.417 e. The first kappa shape index (κ1) is 26.9. The molecular formula is C23H15ClF3N3O7. The van der Waals surface area contributed by atoms with Crippen molar-refractivity contribution in [3.8, 4) is 5.75 Å². The van der Waals surface area contributed by atoms with E-state index in [1.54, 1.807) is 0 Å². The van der Waals surface area contributed by atoms with Crippen LogP contribution >= 0.6 is 11.6 Å². The van der Waals surface area contributed by atoms with Gasteiger partial charge in [-0.1, -0.05) is 11.6 Å². The average molecular weight is 538 g/mol. The van der Waals surface area contributed by atoms with Gasteiger partial charge in [-0.05, 0) is 42.5 Å². The highest BCUT2D eigenvalue weighted by molar-refractivity contribution is 6.31. The number of methoxy groups -OCH3 is 1. The van der Waals surface area contributed by atoms with Gasteiger partial charge in [0.15, 0.2) is 0 Å². The molecule has 0 unspecified atom stereocenters. The molecule has 3 N–H and O–H groups in total. The number of carbonyl (C=O) groups excluding carboxylic acids is 2. The Morgan fingerprint density at radius 1 is 0.973 bits per heavy atom. The Balaban J connectivity index is 1.90. The summed E-state index contributed by atoms with van der Waals surface area (Å²) in [5.41, 5.74) is -3.20. The third-order valence-corrected chi connectivity index (χ3v) is 5.26. The van der Waals surface area contributed by atoms with E-state index in [4.69, 9.17) is 16.3 Å². The predicted molar refractivity (Wildman–Crippen MR) is 125 cm³/mol. The summed E-state index contributed by atoms with van der Waals surface area (Å²) in [5, 5.41) is 24.6. The van der Waals surface area contributed by atoms with E-state index < -0.39 is 50.6 Å². The number of non-ortho nitro benzene ring substituents is 1. The van der Waals surface area contributed by atoms with Gasteiger partial charge in [0.05, 0.1) is 39.4 Å². The number of ether oxygens (including phenoxy) is 1. The zero-order valence-electron chi connectivity index (χ0n) is 18.6. The molecule has 37 heavy (non-hydrogen) atoms. The first-order valence-electron chi connectivity index (χ1n) is 10.0. The lowest BCUT2D eigenvalue weighted by molar-refractivity contribution is -0.384. The molecule has 0 aliphatic heterocycles. The molecule has 3 aromatic carbocycles. The Kier molecular flexibility index (Phi) is 7.67. The number of aromatic carboxylic acids is 1. The number of carbonyl (C=O) groups is 3. The van der Waals surface area contributed by atoms with Gasteiger partial charge in [0.2, 0.25) is 0 Å². The Morgan fingerprint density at radius 2 is 1.68 bits per heavy atom. The Labute approximate surface area is 210 Å². The van der Waals surface area contributed by atoms with E-state index >= 15 is 0 Å². The highest BCUT2D eigenvalue weighted by atomic mass is 35.5. The quantitative estimate of drug-likeness (QED) is 0.267. The second-order valence-corrected chi connectivity index (χ2v) is 7.72. The van der Waals surface area contributed by atoms with Gasteiger partial charge < -0.3 is 20.5 Å². The second kappa shape index (κ2) is 10.5. The van der Waals surface area contributed by atoms with Crippen molar-refractivity contribution in [1.82, 2.24) is 0 Å². The van der Waals surface area contributed by atoms with Crippen molar-refractivity contribution < 1.29 is 42.3 Å². The number of hydrogen-bond acceptors (Lipinski definition) is 6. The molecule has 2 amide bonds. The molecule has 10 nitrogen and oxygen atoms in total. The Morgan fingerprint density at radius 3 is 2.27 bits per heavy atom. The number of nitrogens with one attached hydrogen (secondary N) is 2. The first-order valence-corrected chi connectivity index (χ1v) is 10.4. The summed E-state index contributed by atoms with van der Waals surface area (Å²) in [6, 6.07) is 9.04. The number of hydrogen-bond donors (Lipinski definition) is 3. The van der Waals surface area contributed by atoms with Crippen molar-refractivity contribution in [2.24, 2.45) is 0 Å². The number of nitrogens with zero attached hydrogens (tertiary/aromatic N) is 1. The lowest BCUT2D eigenvalue weighted by atomic mass is 10.0. The second-order valence-electron chi connectivity index (χ2n) is 7.31. The van der Waals surface area contributed by atoms with Crippen molar-refractivity contribution in [3.05, 3.63) is 92.0 Å². The molecule has 0 bridgehead atoms. The summed E-state index contributed by atoms with van der Waals surface area (Å²) in [6.07, 6.45) is -4.79. The standard InChI is InChI=1S/C23H15ClF3N3O7/c1-37-19-7-4-13(30(35)36)10-18(19)29-20(31)11-2-5-14(15(8-11)22(33)34)21(32)28-12-3-6-17(24)16(9-12)23(25,26)27/h2-10H,1H3,(H,28,32)(H,29,31)(H,33,34). The minimum Gasteiger partial charge on any atom is -0.495 e. The van der Waals surface area contributed by atoms with Crippen LogP contribution in [0.2, 0.25) is 5.02 Å². The molecule has 0 aliphatic rings. The summed E-state index contributed by atoms with van der Waals surface area (Å²) in [7, 11) is 1.27. The van der Waals surface area contributed by atoms with E-state index in [2.05, 4.69) is 10.6 Å². The predicted octanol–water partition coefficient (Wildman–Crippen LogP) is 5.48. The van der Waals surface area contributed by atoms with E-state index in [-0.39, 0.29) is 28.4 Å². The molecule has 192 valence electrons. The van der Waals surface area contributed by atoms with E-state index in [1.165, 1.54) is 13.2 Å². The number of halogens is 4. The maximum absolute atomic E-state index is 13.1. The third-order valence-electron chi connectivity index (χ3n) is 4.93. The maximum Gasteiger partial charge on any atom is 0.417 e. The molecule has 0 saturated heterocycles. The van der Waals surface area contributed by atoms with Crippen LogP contribution in [0.25, 0.3) is 0 Å². The summed E-state index contributed by atoms with van der Waals surface area (Å²) in [5.74, 6) is -3.43. The summed E-state index contributed by atoms with van der Waals surface area (Å²) >= 11 is 5.56. The SMILES string of the molecule is COc1ccc([N+](=O)[O-])cc1NC(=O)c1ccc(C(=O)Nc2ccc(Cl)c(C(F)(F)F)c2)c(C(=O)O)c1. The van der Waals surface area contributed by atoms with Gasteiger partial charge >= 0.3 is 12.1 Å². The fraction of sp³-hybridized carbons (Fsp3) is 0.0870. The zero-order valence-corrected chi connectivity index (χ0v) is 19.3. The highest BCUT2D eigenvalue weighted by Crippen LogP contribution is 2.36. The molecule has 0 saturated carbocycles. The molecule has 0 aromatic heterocycles. The third kappa shape index (κ3) is 6.13. The Bertz CT molecular complexity index is 1430. The van der Waals surface area contributed by atoms with Gasteiger partial charge in [-0.25, -0.2) is 4.79 Å². The molecule has 3 aromatic rings. The van der Waals surface area contributed by atoms with Gasteiger partial charge in [-0.3, -0.25) is 19.7 Å². The van der Waals surface area contributed by atoms with Crippen LogP contribution in [0.4, 0.5) is 30.2 Å². The largest absolute Gasteiger partial charge is 0.495 e. The maximum atomic E-state index is 13.1. The van der Waals surface area contributed by atoms with Crippen molar-refractivity contribution in [3.63, 3.8) is 0 Å². The number of rotatable bonds is 7. The number of benzene rings is 3. The van der Waals surface area contributed by atoms with Gasteiger partial charge in [0.25, 0.3) is 17.5 Å². The molecule has 0 fully saturated rings. The number of amides is 2. The Hall–Kier alpha value is -4.65. The topological polar surface area (TPSA) is 148 Å².